The number of hydrogen-bond donors (Lipinski definition) is 2. The normalized spacial score (nSPS) is 12.0. The van der Waals surface area contributed by atoms with Gasteiger partial charge in [0.2, 0.25) is 11.8 Å². The zero-order valence-corrected chi connectivity index (χ0v) is 14.1. The van der Waals surface area contributed by atoms with Gasteiger partial charge in [-0.25, -0.2) is 9.37 Å². The topological polar surface area (TPSA) is 80.5 Å². The van der Waals surface area contributed by atoms with Crippen LogP contribution in [0.5, 0.6) is 0 Å². The zero-order valence-electron chi connectivity index (χ0n) is 13.3. The molecule has 7 nitrogen and oxygen atoms in total. The largest absolute Gasteiger partial charge is 0.346 e. The van der Waals surface area contributed by atoms with E-state index in [4.69, 9.17) is 11.6 Å². The fourth-order valence-electron chi connectivity index (χ4n) is 2.08. The van der Waals surface area contributed by atoms with Gasteiger partial charge in [0.05, 0.1) is 24.3 Å². The molecular weight excluding hydrogens is 352 g/mol. The highest BCUT2D eigenvalue weighted by Gasteiger charge is 2.16. The first-order chi connectivity index (χ1) is 11.9. The van der Waals surface area contributed by atoms with Crippen LogP contribution < -0.4 is 10.6 Å². The Morgan fingerprint density at radius 2 is 2.00 bits per heavy atom. The van der Waals surface area contributed by atoms with Crippen LogP contribution in [0.25, 0.3) is 0 Å². The van der Waals surface area contributed by atoms with Crippen LogP contribution in [0.4, 0.5) is 26.4 Å². The summed E-state index contributed by atoms with van der Waals surface area (Å²) in [6.45, 7) is 1.78. The molecule has 3 rings (SSSR count). The number of aryl methyl sites for hydroxylation is 1. The number of hydrogen-bond acceptors (Lipinski definition) is 6. The van der Waals surface area contributed by atoms with Crippen LogP contribution in [0, 0.1) is 11.6 Å². The van der Waals surface area contributed by atoms with Crippen LogP contribution in [-0.2, 0) is 7.05 Å². The maximum atomic E-state index is 14.1. The summed E-state index contributed by atoms with van der Waals surface area (Å²) in [5.74, 6) is -0.816. The van der Waals surface area contributed by atoms with E-state index in [1.165, 1.54) is 12.1 Å². The summed E-state index contributed by atoms with van der Waals surface area (Å²) < 4.78 is 28.8. The first kappa shape index (κ1) is 17.0. The van der Waals surface area contributed by atoms with E-state index in [0.29, 0.717) is 11.5 Å². The van der Waals surface area contributed by atoms with Crippen molar-refractivity contribution in [3.8, 4) is 0 Å². The van der Waals surface area contributed by atoms with E-state index in [1.54, 1.807) is 31.1 Å². The third-order valence-electron chi connectivity index (χ3n) is 3.30. The van der Waals surface area contributed by atoms with Crippen molar-refractivity contribution in [3.63, 3.8) is 0 Å². The number of pyridine rings is 1. The summed E-state index contributed by atoms with van der Waals surface area (Å²) >= 11 is 5.84. The average Bonchev–Trinajstić information content (AvgIpc) is 2.97. The van der Waals surface area contributed by atoms with Crippen molar-refractivity contribution < 1.29 is 8.78 Å². The minimum Gasteiger partial charge on any atom is -0.346 e. The van der Waals surface area contributed by atoms with Gasteiger partial charge in [0.25, 0.3) is 0 Å². The number of rotatable bonds is 5. The summed E-state index contributed by atoms with van der Waals surface area (Å²) in [6, 6.07) is 2.49. The second-order valence-corrected chi connectivity index (χ2v) is 5.68. The zero-order chi connectivity index (χ0) is 18.0. The molecule has 0 spiro atoms. The molecule has 3 heterocycles. The second kappa shape index (κ2) is 6.98. The molecule has 0 radical (unpaired) electrons. The Balaban J connectivity index is 1.82. The van der Waals surface area contributed by atoms with Crippen LogP contribution in [-0.4, -0.2) is 24.5 Å². The van der Waals surface area contributed by atoms with E-state index >= 15 is 0 Å². The molecule has 0 bridgehead atoms. The van der Waals surface area contributed by atoms with Gasteiger partial charge in [-0.15, -0.1) is 0 Å². The predicted molar refractivity (Wildman–Crippen MR) is 89.7 cm³/mol. The van der Waals surface area contributed by atoms with Crippen molar-refractivity contribution in [2.75, 3.05) is 10.6 Å². The lowest BCUT2D eigenvalue weighted by molar-refractivity contribution is 0.615. The van der Waals surface area contributed by atoms with E-state index < -0.39 is 11.6 Å². The molecule has 25 heavy (non-hydrogen) atoms. The maximum absolute atomic E-state index is 14.1. The maximum Gasteiger partial charge on any atom is 0.226 e. The highest BCUT2D eigenvalue weighted by Crippen LogP contribution is 2.25. The van der Waals surface area contributed by atoms with Crippen molar-refractivity contribution in [2.24, 2.45) is 7.05 Å². The lowest BCUT2D eigenvalue weighted by Crippen LogP contribution is -2.12. The number of halogens is 3. The quantitative estimate of drug-likeness (QED) is 0.674. The van der Waals surface area contributed by atoms with Gasteiger partial charge in [0.1, 0.15) is 11.6 Å². The molecule has 1 atom stereocenters. The van der Waals surface area contributed by atoms with Crippen LogP contribution in [0.2, 0.25) is 5.15 Å². The van der Waals surface area contributed by atoms with Crippen molar-refractivity contribution >= 4 is 29.2 Å². The molecule has 0 unspecified atom stereocenters. The Morgan fingerprint density at radius 1 is 1.20 bits per heavy atom. The van der Waals surface area contributed by atoms with E-state index in [9.17, 15) is 8.78 Å². The number of nitrogens with zero attached hydrogens (tertiary/aromatic N) is 5. The van der Waals surface area contributed by atoms with Crippen LogP contribution in [0.3, 0.4) is 0 Å². The van der Waals surface area contributed by atoms with Crippen molar-refractivity contribution in [1.29, 1.82) is 0 Å². The Labute approximate surface area is 147 Å². The third-order valence-corrected chi connectivity index (χ3v) is 3.55. The van der Waals surface area contributed by atoms with Gasteiger partial charge in [-0.2, -0.15) is 14.4 Å². The number of anilines is 3. The molecule has 0 amide bonds. The van der Waals surface area contributed by atoms with E-state index in [0.717, 1.165) is 6.20 Å². The minimum atomic E-state index is -0.787. The van der Waals surface area contributed by atoms with Gasteiger partial charge < -0.3 is 15.2 Å². The van der Waals surface area contributed by atoms with Gasteiger partial charge in [-0.1, -0.05) is 11.6 Å². The van der Waals surface area contributed by atoms with Crippen LogP contribution >= 0.6 is 11.6 Å². The Bertz CT molecular complexity index is 882. The summed E-state index contributed by atoms with van der Waals surface area (Å²) in [5, 5.41) is 5.36. The molecule has 0 aliphatic carbocycles. The lowest BCUT2D eigenvalue weighted by atomic mass is 10.2. The fraction of sp³-hybridized carbons (Fsp3) is 0.200. The highest BCUT2D eigenvalue weighted by atomic mass is 35.5. The first-order valence-corrected chi connectivity index (χ1v) is 7.66. The Kier molecular flexibility index (Phi) is 4.75. The summed E-state index contributed by atoms with van der Waals surface area (Å²) in [7, 11) is 1.78. The molecule has 10 heteroatoms. The molecule has 3 aromatic rings. The van der Waals surface area contributed by atoms with Gasteiger partial charge in [0, 0.05) is 13.2 Å². The summed E-state index contributed by atoms with van der Waals surface area (Å²) in [4.78, 5) is 16.0. The summed E-state index contributed by atoms with van der Waals surface area (Å²) in [6.07, 6.45) is 4.33. The van der Waals surface area contributed by atoms with Crippen molar-refractivity contribution in [1.82, 2.24) is 24.5 Å². The molecular formula is C15H14ClF2N7. The molecule has 130 valence electrons. The second-order valence-electron chi connectivity index (χ2n) is 5.32. The van der Waals surface area contributed by atoms with Crippen LogP contribution in [0.1, 0.15) is 18.7 Å². The third kappa shape index (κ3) is 4.00. The van der Waals surface area contributed by atoms with E-state index in [2.05, 4.69) is 30.6 Å². The van der Waals surface area contributed by atoms with Gasteiger partial charge in [-0.05, 0) is 19.1 Å². The molecule has 2 N–H and O–H groups in total. The monoisotopic (exact) mass is 365 g/mol. The number of aromatic nitrogens is 5. The minimum absolute atomic E-state index is 0.100. The lowest BCUT2D eigenvalue weighted by Gasteiger charge is -2.14. The first-order valence-electron chi connectivity index (χ1n) is 7.28. The molecule has 0 fully saturated rings. The van der Waals surface area contributed by atoms with Gasteiger partial charge in [0.15, 0.2) is 11.0 Å². The molecule has 0 aromatic carbocycles. The predicted octanol–water partition coefficient (Wildman–Crippen LogP) is 3.45. The van der Waals surface area contributed by atoms with Crippen molar-refractivity contribution in [2.45, 2.75) is 13.0 Å². The van der Waals surface area contributed by atoms with Gasteiger partial charge >= 0.3 is 0 Å². The van der Waals surface area contributed by atoms with E-state index in [-0.39, 0.29) is 23.0 Å². The van der Waals surface area contributed by atoms with E-state index in [1.807, 2.05) is 0 Å². The SMILES string of the molecule is C[C@H](Nc1nc(Cl)c(F)c(Nc2cn(C)cn2)n1)c1ccc(F)cn1. The molecule has 3 aromatic heterocycles. The molecule has 0 aliphatic rings. The average molecular weight is 366 g/mol. The Hall–Kier alpha value is -2.81. The summed E-state index contributed by atoms with van der Waals surface area (Å²) in [5.41, 5.74) is 0.574. The number of imidazole rings is 1. The fourth-order valence-corrected chi connectivity index (χ4v) is 2.25. The molecule has 0 saturated carbocycles. The van der Waals surface area contributed by atoms with Gasteiger partial charge in [-0.3, -0.25) is 4.98 Å². The number of nitrogens with one attached hydrogen (secondary N) is 2. The molecule has 0 aliphatic heterocycles. The van der Waals surface area contributed by atoms with Crippen LogP contribution in [0.15, 0.2) is 30.9 Å². The Morgan fingerprint density at radius 3 is 2.64 bits per heavy atom. The molecule has 0 saturated heterocycles. The highest BCUT2D eigenvalue weighted by molar-refractivity contribution is 6.29. The van der Waals surface area contributed by atoms with Crippen molar-refractivity contribution in [3.05, 3.63) is 53.3 Å². The standard InChI is InChI=1S/C15H14ClF2N7/c1-8(10-4-3-9(17)5-19-10)21-15-23-13(16)12(18)14(24-15)22-11-6-25(2)7-20-11/h3-8H,1-2H3,(H2,21,22,23,24)/t8-/m0/s1. The smallest absolute Gasteiger partial charge is 0.226 e.